The van der Waals surface area contributed by atoms with Crippen LogP contribution in [0, 0.1) is 0 Å². The second-order valence-corrected chi connectivity index (χ2v) is 6.19. The van der Waals surface area contributed by atoms with E-state index >= 15 is 0 Å². The maximum absolute atomic E-state index is 4.94. The van der Waals surface area contributed by atoms with Crippen LogP contribution in [0.15, 0.2) is 70.5 Å². The van der Waals surface area contributed by atoms with Gasteiger partial charge in [-0.1, -0.05) is 48.2 Å². The Morgan fingerprint density at radius 1 is 0.737 bits per heavy atom. The molecule has 0 heterocycles. The van der Waals surface area contributed by atoms with E-state index < -0.39 is 0 Å². The lowest BCUT2D eigenvalue weighted by Crippen LogP contribution is -2.15. The normalized spacial score (nSPS) is 10.5. The molecule has 0 spiro atoms. The number of rotatable bonds is 2. The highest BCUT2D eigenvalue weighted by Gasteiger charge is 2.04. The number of methoxy groups -OCH3 is 1. The van der Waals surface area contributed by atoms with Crippen molar-refractivity contribution < 1.29 is 4.74 Å². The van der Waals surface area contributed by atoms with Gasteiger partial charge in [-0.3, -0.25) is 0 Å². The Kier molecular flexibility index (Phi) is 6.68. The minimum atomic E-state index is 0.0417. The smallest absolute Gasteiger partial charge is 0.0594 e. The van der Waals surface area contributed by atoms with Gasteiger partial charge < -0.3 is 4.74 Å². The van der Waals surface area contributed by atoms with E-state index in [9.17, 15) is 0 Å². The quantitative estimate of drug-likeness (QED) is 0.738. The molecule has 0 bridgehead atoms. The minimum Gasteiger partial charge on any atom is -0.379 e. The SMILES string of the molecule is COC(C)(C)C.c1ccc(Sc2ccccc2)cc1. The van der Waals surface area contributed by atoms with Crippen LogP contribution in [0.25, 0.3) is 0 Å². The molecule has 0 fully saturated rings. The maximum Gasteiger partial charge on any atom is 0.0594 e. The van der Waals surface area contributed by atoms with Crippen LogP contribution in [0.5, 0.6) is 0 Å². The van der Waals surface area contributed by atoms with Crippen molar-refractivity contribution in [2.24, 2.45) is 0 Å². The summed E-state index contributed by atoms with van der Waals surface area (Å²) in [4.78, 5) is 2.57. The van der Waals surface area contributed by atoms with Crippen molar-refractivity contribution in [3.8, 4) is 0 Å². The first-order valence-electron chi connectivity index (χ1n) is 6.34. The zero-order chi connectivity index (χ0) is 14.1. The summed E-state index contributed by atoms with van der Waals surface area (Å²) in [6.07, 6.45) is 0. The van der Waals surface area contributed by atoms with Gasteiger partial charge in [-0.2, -0.15) is 0 Å². The predicted molar refractivity (Wildman–Crippen MR) is 83.8 cm³/mol. The Morgan fingerprint density at radius 3 is 1.32 bits per heavy atom. The van der Waals surface area contributed by atoms with E-state index in [4.69, 9.17) is 4.74 Å². The average Bonchev–Trinajstić information content (AvgIpc) is 2.41. The van der Waals surface area contributed by atoms with Gasteiger partial charge in [0.05, 0.1) is 5.60 Å². The summed E-state index contributed by atoms with van der Waals surface area (Å²) in [5.74, 6) is 0. The van der Waals surface area contributed by atoms with Gasteiger partial charge in [-0.25, -0.2) is 0 Å². The molecule has 0 radical (unpaired) electrons. The average molecular weight is 274 g/mol. The molecule has 0 atom stereocenters. The van der Waals surface area contributed by atoms with Crippen LogP contribution >= 0.6 is 11.8 Å². The molecule has 0 aliphatic heterocycles. The third-order valence-electron chi connectivity index (χ3n) is 2.33. The molecule has 2 heteroatoms. The van der Waals surface area contributed by atoms with Gasteiger partial charge in [0.2, 0.25) is 0 Å². The summed E-state index contributed by atoms with van der Waals surface area (Å²) >= 11 is 1.79. The van der Waals surface area contributed by atoms with Crippen LogP contribution in [-0.4, -0.2) is 12.7 Å². The molecule has 0 unspecified atom stereocenters. The van der Waals surface area contributed by atoms with Gasteiger partial charge in [0, 0.05) is 16.9 Å². The summed E-state index contributed by atoms with van der Waals surface area (Å²) in [5, 5.41) is 0. The number of ether oxygens (including phenoxy) is 1. The molecule has 2 aromatic carbocycles. The molecule has 0 aliphatic rings. The largest absolute Gasteiger partial charge is 0.379 e. The topological polar surface area (TPSA) is 9.23 Å². The van der Waals surface area contributed by atoms with Gasteiger partial charge in [-0.05, 0) is 45.0 Å². The van der Waals surface area contributed by atoms with Crippen molar-refractivity contribution in [2.45, 2.75) is 36.2 Å². The predicted octanol–water partition coefficient (Wildman–Crippen LogP) is 5.27. The molecule has 2 rings (SSSR count). The first-order valence-corrected chi connectivity index (χ1v) is 7.16. The molecular formula is C17H22OS. The highest BCUT2D eigenvalue weighted by Crippen LogP contribution is 2.26. The summed E-state index contributed by atoms with van der Waals surface area (Å²) in [6.45, 7) is 6.06. The first-order chi connectivity index (χ1) is 9.01. The van der Waals surface area contributed by atoms with Gasteiger partial charge >= 0.3 is 0 Å². The lowest BCUT2D eigenvalue weighted by molar-refractivity contribution is 0.0397. The Morgan fingerprint density at radius 2 is 1.05 bits per heavy atom. The Balaban J connectivity index is 0.000000258. The molecule has 0 saturated carbocycles. The van der Waals surface area contributed by atoms with Crippen molar-refractivity contribution in [3.63, 3.8) is 0 Å². The van der Waals surface area contributed by atoms with E-state index in [2.05, 4.69) is 48.5 Å². The van der Waals surface area contributed by atoms with Crippen LogP contribution in [0.4, 0.5) is 0 Å². The molecule has 2 aromatic rings. The van der Waals surface area contributed by atoms with Crippen LogP contribution in [-0.2, 0) is 4.74 Å². The number of benzene rings is 2. The molecule has 102 valence electrons. The Labute approximate surface area is 121 Å². The fourth-order valence-electron chi connectivity index (χ4n) is 1.11. The van der Waals surface area contributed by atoms with Gasteiger partial charge in [0.15, 0.2) is 0 Å². The zero-order valence-corrected chi connectivity index (χ0v) is 12.9. The highest BCUT2D eigenvalue weighted by molar-refractivity contribution is 7.99. The van der Waals surface area contributed by atoms with Crippen LogP contribution < -0.4 is 0 Å². The molecule has 0 aromatic heterocycles. The van der Waals surface area contributed by atoms with Gasteiger partial charge in [0.25, 0.3) is 0 Å². The van der Waals surface area contributed by atoms with E-state index in [0.29, 0.717) is 0 Å². The number of hydrogen-bond acceptors (Lipinski definition) is 2. The lowest BCUT2D eigenvalue weighted by atomic mass is 10.2. The molecular weight excluding hydrogens is 252 g/mol. The Bertz CT molecular complexity index is 408. The van der Waals surface area contributed by atoms with Crippen LogP contribution in [0.3, 0.4) is 0 Å². The minimum absolute atomic E-state index is 0.0417. The number of hydrogen-bond donors (Lipinski definition) is 0. The highest BCUT2D eigenvalue weighted by atomic mass is 32.2. The van der Waals surface area contributed by atoms with E-state index in [1.165, 1.54) is 9.79 Å². The van der Waals surface area contributed by atoms with Crippen LogP contribution in [0.1, 0.15) is 20.8 Å². The van der Waals surface area contributed by atoms with Crippen molar-refractivity contribution >= 4 is 11.8 Å². The van der Waals surface area contributed by atoms with Crippen LogP contribution in [0.2, 0.25) is 0 Å². The first kappa shape index (κ1) is 15.8. The summed E-state index contributed by atoms with van der Waals surface area (Å²) < 4.78 is 4.94. The monoisotopic (exact) mass is 274 g/mol. The standard InChI is InChI=1S/C12H10S.C5H12O/c1-3-7-11(8-4-1)13-12-9-5-2-6-10-12;1-5(2,3)6-4/h1-10H;1-4H3. The molecule has 19 heavy (non-hydrogen) atoms. The van der Waals surface area contributed by atoms with E-state index in [-0.39, 0.29) is 5.60 Å². The van der Waals surface area contributed by atoms with E-state index in [1.807, 2.05) is 32.9 Å². The van der Waals surface area contributed by atoms with Gasteiger partial charge in [-0.15, -0.1) is 0 Å². The summed E-state index contributed by atoms with van der Waals surface area (Å²) in [6, 6.07) is 20.8. The van der Waals surface area contributed by atoms with E-state index in [1.54, 1.807) is 18.9 Å². The third kappa shape index (κ3) is 7.70. The van der Waals surface area contributed by atoms with Crippen molar-refractivity contribution in [2.75, 3.05) is 7.11 Å². The summed E-state index contributed by atoms with van der Waals surface area (Å²) in [7, 11) is 1.71. The molecule has 0 amide bonds. The second kappa shape index (κ2) is 8.03. The molecule has 0 aliphatic carbocycles. The molecule has 0 saturated heterocycles. The fourth-order valence-corrected chi connectivity index (χ4v) is 1.97. The third-order valence-corrected chi connectivity index (χ3v) is 3.35. The maximum atomic E-state index is 4.94. The van der Waals surface area contributed by atoms with Crippen molar-refractivity contribution in [3.05, 3.63) is 60.7 Å². The lowest BCUT2D eigenvalue weighted by Gasteiger charge is -2.14. The Hall–Kier alpha value is -1.25. The molecule has 1 nitrogen and oxygen atoms in total. The second-order valence-electron chi connectivity index (χ2n) is 5.04. The van der Waals surface area contributed by atoms with Gasteiger partial charge in [0.1, 0.15) is 0 Å². The van der Waals surface area contributed by atoms with Crippen molar-refractivity contribution in [1.82, 2.24) is 0 Å². The molecule has 0 N–H and O–H groups in total. The zero-order valence-electron chi connectivity index (χ0n) is 12.1. The fraction of sp³-hybridized carbons (Fsp3) is 0.294. The van der Waals surface area contributed by atoms with E-state index in [0.717, 1.165) is 0 Å². The summed E-state index contributed by atoms with van der Waals surface area (Å²) in [5.41, 5.74) is 0.0417. The van der Waals surface area contributed by atoms with Crippen molar-refractivity contribution in [1.29, 1.82) is 0 Å².